The molecule has 0 radical (unpaired) electrons. The standard InChI is InChI=1S/C17H13NO5/c1-9(19)18-11-4-2-10(3-5-11)13-8-23-16-7-15(21)14(20)6-12(16)17(13)22/h2-8,20-21H,1H3,(H,18,19). The minimum atomic E-state index is -0.386. The van der Waals surface area contributed by atoms with Gasteiger partial charge in [0.05, 0.1) is 10.9 Å². The first-order chi connectivity index (χ1) is 11.0. The molecule has 1 heterocycles. The number of phenolic OH excluding ortho intramolecular Hbond substituents is 2. The second kappa shape index (κ2) is 5.49. The van der Waals surface area contributed by atoms with E-state index in [2.05, 4.69) is 5.32 Å². The Hall–Kier alpha value is -3.28. The minimum Gasteiger partial charge on any atom is -0.504 e. The molecule has 0 unspecified atom stereocenters. The van der Waals surface area contributed by atoms with Crippen molar-refractivity contribution in [3.05, 3.63) is 52.9 Å². The molecule has 0 atom stereocenters. The van der Waals surface area contributed by atoms with Crippen molar-refractivity contribution >= 4 is 22.6 Å². The summed E-state index contributed by atoms with van der Waals surface area (Å²) in [6.07, 6.45) is 1.30. The third kappa shape index (κ3) is 2.74. The molecule has 0 aliphatic carbocycles. The summed E-state index contributed by atoms with van der Waals surface area (Å²) in [6.45, 7) is 1.41. The van der Waals surface area contributed by atoms with Crippen LogP contribution in [0.1, 0.15) is 6.92 Å². The SMILES string of the molecule is CC(=O)Nc1ccc(-c2coc3cc(O)c(O)cc3c2=O)cc1. The summed E-state index contributed by atoms with van der Waals surface area (Å²) < 4.78 is 5.37. The minimum absolute atomic E-state index is 0.170. The summed E-state index contributed by atoms with van der Waals surface area (Å²) in [5.74, 6) is -0.922. The highest BCUT2D eigenvalue weighted by Crippen LogP contribution is 2.30. The van der Waals surface area contributed by atoms with E-state index in [4.69, 9.17) is 4.42 Å². The van der Waals surface area contributed by atoms with Gasteiger partial charge >= 0.3 is 0 Å². The van der Waals surface area contributed by atoms with E-state index in [0.717, 1.165) is 0 Å². The average Bonchev–Trinajstić information content (AvgIpc) is 2.50. The highest BCUT2D eigenvalue weighted by Gasteiger charge is 2.12. The van der Waals surface area contributed by atoms with Crippen LogP contribution in [0.2, 0.25) is 0 Å². The molecule has 3 rings (SSSR count). The monoisotopic (exact) mass is 311 g/mol. The number of hydrogen-bond donors (Lipinski definition) is 3. The van der Waals surface area contributed by atoms with Gasteiger partial charge in [0.2, 0.25) is 11.3 Å². The molecular weight excluding hydrogens is 298 g/mol. The lowest BCUT2D eigenvalue weighted by atomic mass is 10.0. The van der Waals surface area contributed by atoms with Gasteiger partial charge in [-0.25, -0.2) is 0 Å². The van der Waals surface area contributed by atoms with Crippen molar-refractivity contribution in [2.45, 2.75) is 6.92 Å². The average molecular weight is 311 g/mol. The summed E-state index contributed by atoms with van der Waals surface area (Å²) in [7, 11) is 0. The third-order valence-corrected chi connectivity index (χ3v) is 3.39. The predicted molar refractivity (Wildman–Crippen MR) is 85.6 cm³/mol. The van der Waals surface area contributed by atoms with Gasteiger partial charge < -0.3 is 19.9 Å². The number of rotatable bonds is 2. The number of aromatic hydroxyl groups is 2. The highest BCUT2D eigenvalue weighted by molar-refractivity contribution is 5.89. The van der Waals surface area contributed by atoms with E-state index in [1.54, 1.807) is 24.3 Å². The Kier molecular flexibility index (Phi) is 3.50. The van der Waals surface area contributed by atoms with Gasteiger partial charge in [0.1, 0.15) is 11.8 Å². The fourth-order valence-corrected chi connectivity index (χ4v) is 2.29. The predicted octanol–water partition coefficient (Wildman–Crippen LogP) is 2.83. The highest BCUT2D eigenvalue weighted by atomic mass is 16.3. The number of fused-ring (bicyclic) bond motifs is 1. The van der Waals surface area contributed by atoms with Gasteiger partial charge in [0, 0.05) is 18.7 Å². The summed E-state index contributed by atoms with van der Waals surface area (Å²) >= 11 is 0. The second-order valence-corrected chi connectivity index (χ2v) is 5.07. The molecule has 0 fully saturated rings. The van der Waals surface area contributed by atoms with E-state index in [1.165, 1.54) is 25.3 Å². The van der Waals surface area contributed by atoms with Crippen LogP contribution < -0.4 is 10.7 Å². The fraction of sp³-hybridized carbons (Fsp3) is 0.0588. The van der Waals surface area contributed by atoms with Crippen molar-refractivity contribution in [2.24, 2.45) is 0 Å². The van der Waals surface area contributed by atoms with Crippen LogP contribution in [0.5, 0.6) is 11.5 Å². The number of phenols is 2. The zero-order valence-corrected chi connectivity index (χ0v) is 12.2. The molecule has 0 saturated carbocycles. The molecule has 116 valence electrons. The molecule has 0 bridgehead atoms. The molecule has 6 heteroatoms. The lowest BCUT2D eigenvalue weighted by molar-refractivity contribution is -0.114. The van der Waals surface area contributed by atoms with Crippen LogP contribution in [0.4, 0.5) is 5.69 Å². The Labute approximate surface area is 130 Å². The van der Waals surface area contributed by atoms with Crippen molar-refractivity contribution < 1.29 is 19.4 Å². The first-order valence-corrected chi connectivity index (χ1v) is 6.81. The van der Waals surface area contributed by atoms with Crippen molar-refractivity contribution in [3.63, 3.8) is 0 Å². The van der Waals surface area contributed by atoms with Gasteiger partial charge in [-0.2, -0.15) is 0 Å². The first kappa shape index (κ1) is 14.6. The van der Waals surface area contributed by atoms with Gasteiger partial charge in [0.25, 0.3) is 0 Å². The van der Waals surface area contributed by atoms with E-state index in [9.17, 15) is 19.8 Å². The summed E-state index contributed by atoms with van der Waals surface area (Å²) in [4.78, 5) is 23.5. The molecule has 23 heavy (non-hydrogen) atoms. The number of amides is 1. The molecule has 0 spiro atoms. The topological polar surface area (TPSA) is 99.8 Å². The number of benzene rings is 2. The number of nitrogens with one attached hydrogen (secondary N) is 1. The van der Waals surface area contributed by atoms with E-state index in [0.29, 0.717) is 16.8 Å². The Morgan fingerprint density at radius 1 is 1.09 bits per heavy atom. The summed E-state index contributed by atoms with van der Waals surface area (Å²) in [5, 5.41) is 21.8. The first-order valence-electron chi connectivity index (χ1n) is 6.81. The molecule has 0 saturated heterocycles. The smallest absolute Gasteiger partial charge is 0.221 e. The number of hydrogen-bond acceptors (Lipinski definition) is 5. The zero-order valence-electron chi connectivity index (χ0n) is 12.2. The van der Waals surface area contributed by atoms with Gasteiger partial charge in [-0.3, -0.25) is 9.59 Å². The van der Waals surface area contributed by atoms with E-state index >= 15 is 0 Å². The third-order valence-electron chi connectivity index (χ3n) is 3.39. The maximum atomic E-state index is 12.5. The molecule has 3 N–H and O–H groups in total. The van der Waals surface area contributed by atoms with Crippen molar-refractivity contribution in [1.82, 2.24) is 0 Å². The zero-order chi connectivity index (χ0) is 16.6. The van der Waals surface area contributed by atoms with Crippen LogP contribution in [0, 0.1) is 0 Å². The van der Waals surface area contributed by atoms with E-state index in [-0.39, 0.29) is 33.8 Å². The van der Waals surface area contributed by atoms with Crippen LogP contribution in [0.3, 0.4) is 0 Å². The molecule has 6 nitrogen and oxygen atoms in total. The molecule has 1 amide bonds. The van der Waals surface area contributed by atoms with Crippen molar-refractivity contribution in [3.8, 4) is 22.6 Å². The Balaban J connectivity index is 2.09. The van der Waals surface area contributed by atoms with Crippen LogP contribution in [0.25, 0.3) is 22.1 Å². The van der Waals surface area contributed by atoms with Crippen LogP contribution in [-0.2, 0) is 4.79 Å². The van der Waals surface area contributed by atoms with Crippen LogP contribution >= 0.6 is 0 Å². The quantitative estimate of drug-likeness (QED) is 0.632. The van der Waals surface area contributed by atoms with Gasteiger partial charge in [-0.05, 0) is 23.8 Å². The normalized spacial score (nSPS) is 10.7. The largest absolute Gasteiger partial charge is 0.504 e. The fourth-order valence-electron chi connectivity index (χ4n) is 2.29. The number of anilines is 1. The Morgan fingerprint density at radius 3 is 2.39 bits per heavy atom. The number of carbonyl (C=O) groups excluding carboxylic acids is 1. The molecule has 0 aliphatic rings. The van der Waals surface area contributed by atoms with Gasteiger partial charge in [-0.1, -0.05) is 12.1 Å². The maximum Gasteiger partial charge on any atom is 0.221 e. The molecule has 2 aromatic carbocycles. The molecule has 1 aromatic heterocycles. The van der Waals surface area contributed by atoms with E-state index < -0.39 is 0 Å². The molecular formula is C17H13NO5. The van der Waals surface area contributed by atoms with Gasteiger partial charge in [-0.15, -0.1) is 0 Å². The Morgan fingerprint density at radius 2 is 1.74 bits per heavy atom. The van der Waals surface area contributed by atoms with Crippen LogP contribution in [0.15, 0.2) is 51.9 Å². The van der Waals surface area contributed by atoms with Gasteiger partial charge in [0.15, 0.2) is 11.5 Å². The number of carbonyl (C=O) groups is 1. The summed E-state index contributed by atoms with van der Waals surface area (Å²) in [6, 6.07) is 9.08. The second-order valence-electron chi connectivity index (χ2n) is 5.07. The van der Waals surface area contributed by atoms with E-state index in [1.807, 2.05) is 0 Å². The molecule has 0 aliphatic heterocycles. The van der Waals surface area contributed by atoms with Crippen LogP contribution in [-0.4, -0.2) is 16.1 Å². The maximum absolute atomic E-state index is 12.5. The molecule has 3 aromatic rings. The van der Waals surface area contributed by atoms with Crippen molar-refractivity contribution in [1.29, 1.82) is 0 Å². The van der Waals surface area contributed by atoms with Crippen molar-refractivity contribution in [2.75, 3.05) is 5.32 Å². The summed E-state index contributed by atoms with van der Waals surface area (Å²) in [5.41, 5.74) is 1.41. The lowest BCUT2D eigenvalue weighted by Gasteiger charge is -2.06. The Bertz CT molecular complexity index is 957. The lowest BCUT2D eigenvalue weighted by Crippen LogP contribution is -2.06.